The van der Waals surface area contributed by atoms with Gasteiger partial charge in [-0.1, -0.05) is 30.7 Å². The number of non-ortho nitro benzene ring substituents is 1. The topological polar surface area (TPSA) is 111 Å². The Kier molecular flexibility index (Phi) is 8.58. The molecule has 9 nitrogen and oxygen atoms in total. The number of aryl methyl sites for hydroxylation is 1. The molecule has 2 amide bonds. The van der Waals surface area contributed by atoms with Gasteiger partial charge in [0.05, 0.1) is 22.2 Å². The summed E-state index contributed by atoms with van der Waals surface area (Å²) in [6.45, 7) is 4.21. The minimum absolute atomic E-state index is 0.00516. The van der Waals surface area contributed by atoms with Crippen molar-refractivity contribution in [1.82, 2.24) is 5.32 Å². The molecule has 200 valence electrons. The molecule has 1 heterocycles. The van der Waals surface area contributed by atoms with Crippen LogP contribution in [0.25, 0.3) is 6.08 Å². The number of carbonyl (C=O) groups excluding carboxylic acids is 2. The number of nitro groups is 1. The Hall–Kier alpha value is -4.28. The van der Waals surface area contributed by atoms with E-state index < -0.39 is 16.7 Å². The van der Waals surface area contributed by atoms with Crippen LogP contribution in [0.15, 0.2) is 66.2 Å². The predicted molar refractivity (Wildman–Crippen MR) is 152 cm³/mol. The Bertz CT molecular complexity index is 1470. The summed E-state index contributed by atoms with van der Waals surface area (Å²) in [7, 11) is 0. The Morgan fingerprint density at radius 2 is 1.69 bits per heavy atom. The number of nitro benzene ring substituents is 1. The van der Waals surface area contributed by atoms with Gasteiger partial charge >= 0.3 is 0 Å². The van der Waals surface area contributed by atoms with Crippen LogP contribution in [0, 0.1) is 10.1 Å². The van der Waals surface area contributed by atoms with E-state index in [1.807, 2.05) is 19.1 Å². The van der Waals surface area contributed by atoms with Crippen molar-refractivity contribution in [2.75, 3.05) is 11.5 Å². The molecule has 0 radical (unpaired) electrons. The fourth-order valence-electron chi connectivity index (χ4n) is 3.88. The quantitative estimate of drug-likeness (QED) is 0.118. The van der Waals surface area contributed by atoms with Gasteiger partial charge in [0.1, 0.15) is 12.2 Å². The van der Waals surface area contributed by atoms with Crippen LogP contribution >= 0.6 is 23.8 Å². The normalized spacial score (nSPS) is 14.4. The molecule has 0 aliphatic carbocycles. The van der Waals surface area contributed by atoms with Gasteiger partial charge in [-0.05, 0) is 84.7 Å². The van der Waals surface area contributed by atoms with Crippen LogP contribution in [-0.4, -0.2) is 28.5 Å². The highest BCUT2D eigenvalue weighted by Crippen LogP contribution is 2.38. The van der Waals surface area contributed by atoms with Crippen molar-refractivity contribution >= 4 is 58.2 Å². The van der Waals surface area contributed by atoms with E-state index in [9.17, 15) is 19.7 Å². The van der Waals surface area contributed by atoms with Crippen molar-refractivity contribution in [2.24, 2.45) is 0 Å². The summed E-state index contributed by atoms with van der Waals surface area (Å²) in [5, 5.41) is 13.6. The molecule has 3 aromatic rings. The summed E-state index contributed by atoms with van der Waals surface area (Å²) in [6.07, 6.45) is 2.26. The molecule has 39 heavy (non-hydrogen) atoms. The first kappa shape index (κ1) is 27.7. The number of ether oxygens (including phenoxy) is 2. The average Bonchev–Trinajstić information content (AvgIpc) is 2.91. The van der Waals surface area contributed by atoms with Crippen LogP contribution in [0.5, 0.6) is 11.5 Å². The van der Waals surface area contributed by atoms with E-state index >= 15 is 0 Å². The highest BCUT2D eigenvalue weighted by Gasteiger charge is 2.34. The van der Waals surface area contributed by atoms with Crippen molar-refractivity contribution in [3.8, 4) is 11.5 Å². The number of benzene rings is 3. The molecule has 4 rings (SSSR count). The minimum Gasteiger partial charge on any atom is -0.490 e. The number of thiocarbonyl (C=S) groups is 1. The van der Waals surface area contributed by atoms with E-state index in [4.69, 9.17) is 33.3 Å². The Balaban J connectivity index is 1.62. The van der Waals surface area contributed by atoms with Gasteiger partial charge in [-0.2, -0.15) is 0 Å². The van der Waals surface area contributed by atoms with E-state index in [1.165, 1.54) is 23.1 Å². The molecular weight excluding hydrogens is 542 g/mol. The van der Waals surface area contributed by atoms with Gasteiger partial charge in [-0.3, -0.25) is 29.9 Å². The van der Waals surface area contributed by atoms with Crippen molar-refractivity contribution in [3.63, 3.8) is 0 Å². The average molecular weight is 566 g/mol. The molecule has 0 spiro atoms. The zero-order chi connectivity index (χ0) is 28.1. The maximum atomic E-state index is 13.4. The molecule has 11 heteroatoms. The number of anilines is 1. The van der Waals surface area contributed by atoms with Gasteiger partial charge < -0.3 is 9.47 Å². The summed E-state index contributed by atoms with van der Waals surface area (Å²) < 4.78 is 11.6. The molecule has 1 fully saturated rings. The van der Waals surface area contributed by atoms with Crippen LogP contribution in [-0.2, 0) is 22.6 Å². The highest BCUT2D eigenvalue weighted by molar-refractivity contribution is 7.80. The monoisotopic (exact) mass is 565 g/mol. The third kappa shape index (κ3) is 6.24. The van der Waals surface area contributed by atoms with Gasteiger partial charge in [-0.15, -0.1) is 0 Å². The number of halogens is 1. The third-order valence-electron chi connectivity index (χ3n) is 5.88. The predicted octanol–water partition coefficient (Wildman–Crippen LogP) is 5.62. The minimum atomic E-state index is -0.626. The van der Waals surface area contributed by atoms with Crippen LogP contribution in [0.2, 0.25) is 5.02 Å². The molecule has 1 aliphatic rings. The second-order valence-corrected chi connectivity index (χ2v) is 9.25. The first-order valence-electron chi connectivity index (χ1n) is 12.0. The van der Waals surface area contributed by atoms with Crippen LogP contribution in [0.4, 0.5) is 11.4 Å². The number of hydrogen-bond donors (Lipinski definition) is 1. The Labute approximate surface area is 235 Å². The van der Waals surface area contributed by atoms with E-state index in [-0.39, 0.29) is 33.8 Å². The summed E-state index contributed by atoms with van der Waals surface area (Å²) >= 11 is 11.8. The number of hydrogen-bond acceptors (Lipinski definition) is 7. The van der Waals surface area contributed by atoms with Crippen molar-refractivity contribution < 1.29 is 24.0 Å². The van der Waals surface area contributed by atoms with Gasteiger partial charge in [0.2, 0.25) is 0 Å². The maximum absolute atomic E-state index is 13.4. The number of carbonyl (C=O) groups is 2. The maximum Gasteiger partial charge on any atom is 0.270 e. The number of amides is 2. The second kappa shape index (κ2) is 12.1. The molecule has 3 aromatic carbocycles. The largest absolute Gasteiger partial charge is 0.490 e. The van der Waals surface area contributed by atoms with Crippen LogP contribution < -0.4 is 19.7 Å². The summed E-state index contributed by atoms with van der Waals surface area (Å²) in [5.41, 5.74) is 2.62. The molecule has 1 aliphatic heterocycles. The van der Waals surface area contributed by atoms with Gasteiger partial charge in [-0.25, -0.2) is 0 Å². The lowest BCUT2D eigenvalue weighted by Crippen LogP contribution is -2.54. The zero-order valence-electron chi connectivity index (χ0n) is 21.1. The summed E-state index contributed by atoms with van der Waals surface area (Å²) in [6, 6.07) is 16.5. The Morgan fingerprint density at radius 1 is 1.03 bits per heavy atom. The molecular formula is C28H24ClN3O6S. The molecule has 1 saturated heterocycles. The Morgan fingerprint density at radius 3 is 2.31 bits per heavy atom. The standard InChI is InChI=1S/C28H24ClN3O6S/c1-3-17-5-9-20(10-6-17)31-27(34)22(26(33)30-28(31)39)13-19-14-23(29)25(24(15-19)37-4-2)38-16-18-7-11-21(12-8-18)32(35)36/h5-15H,3-4,16H2,1-2H3,(H,30,33,39)/b22-13+. The molecule has 0 atom stereocenters. The lowest BCUT2D eigenvalue weighted by molar-refractivity contribution is -0.384. The van der Waals surface area contributed by atoms with Gasteiger partial charge in [0, 0.05) is 12.1 Å². The number of rotatable bonds is 9. The van der Waals surface area contributed by atoms with E-state index in [0.29, 0.717) is 29.2 Å². The lowest BCUT2D eigenvalue weighted by Gasteiger charge is -2.29. The first-order chi connectivity index (χ1) is 18.7. The number of nitrogens with zero attached hydrogens (tertiary/aromatic N) is 2. The first-order valence-corrected chi connectivity index (χ1v) is 12.8. The van der Waals surface area contributed by atoms with Crippen molar-refractivity contribution in [3.05, 3.63) is 98.1 Å². The molecule has 0 unspecified atom stereocenters. The summed E-state index contributed by atoms with van der Waals surface area (Å²) in [4.78, 5) is 37.8. The zero-order valence-corrected chi connectivity index (χ0v) is 22.7. The fraction of sp³-hybridized carbons (Fsp3) is 0.179. The molecule has 0 aromatic heterocycles. The molecule has 1 N–H and O–H groups in total. The van der Waals surface area contributed by atoms with E-state index in [2.05, 4.69) is 5.32 Å². The molecule has 0 saturated carbocycles. The number of nitrogens with one attached hydrogen (secondary N) is 1. The highest BCUT2D eigenvalue weighted by atomic mass is 35.5. The summed E-state index contributed by atoms with van der Waals surface area (Å²) in [5.74, 6) is -0.623. The molecule has 0 bridgehead atoms. The van der Waals surface area contributed by atoms with E-state index in [0.717, 1.165) is 12.0 Å². The fourth-order valence-corrected chi connectivity index (χ4v) is 4.44. The van der Waals surface area contributed by atoms with Crippen LogP contribution in [0.1, 0.15) is 30.5 Å². The lowest BCUT2D eigenvalue weighted by atomic mass is 10.1. The third-order valence-corrected chi connectivity index (χ3v) is 6.44. The van der Waals surface area contributed by atoms with E-state index in [1.54, 1.807) is 43.3 Å². The van der Waals surface area contributed by atoms with Gasteiger partial charge in [0.15, 0.2) is 16.6 Å². The van der Waals surface area contributed by atoms with Crippen molar-refractivity contribution in [1.29, 1.82) is 0 Å². The van der Waals surface area contributed by atoms with Gasteiger partial charge in [0.25, 0.3) is 17.5 Å². The van der Waals surface area contributed by atoms with Crippen molar-refractivity contribution in [2.45, 2.75) is 26.9 Å². The SMILES string of the molecule is CCOc1cc(/C=C2\C(=O)NC(=S)N(c3ccc(CC)cc3)C2=O)cc(Cl)c1OCc1ccc([N+](=O)[O-])cc1. The second-order valence-electron chi connectivity index (χ2n) is 8.45. The van der Waals surface area contributed by atoms with Crippen LogP contribution in [0.3, 0.4) is 0 Å². The smallest absolute Gasteiger partial charge is 0.270 e.